The normalized spacial score (nSPS) is 20.0. The van der Waals surface area contributed by atoms with Gasteiger partial charge in [0.2, 0.25) is 5.91 Å². The number of nitro benzene ring substituents is 1. The molecule has 0 aromatic heterocycles. The number of ether oxygens (including phenoxy) is 1. The second-order valence-electron chi connectivity index (χ2n) is 6.40. The summed E-state index contributed by atoms with van der Waals surface area (Å²) in [4.78, 5) is 48.8. The predicted molar refractivity (Wildman–Crippen MR) is 92.8 cm³/mol. The number of β-lactam (4-membered cyclic amide) rings is 1. The number of ketones is 1. The van der Waals surface area contributed by atoms with Crippen LogP contribution >= 0.6 is 0 Å². The van der Waals surface area contributed by atoms with Crippen LogP contribution in [0.15, 0.2) is 24.3 Å². The van der Waals surface area contributed by atoms with E-state index in [-0.39, 0.29) is 12.3 Å². The zero-order chi connectivity index (χ0) is 21.0. The van der Waals surface area contributed by atoms with Crippen molar-refractivity contribution in [1.29, 1.82) is 0 Å². The summed E-state index contributed by atoms with van der Waals surface area (Å²) in [5.74, 6) is -4.20. The smallest absolute Gasteiger partial charge is 0.441 e. The van der Waals surface area contributed by atoms with Crippen LogP contribution in [0.4, 0.5) is 5.69 Å². The maximum Gasteiger partial charge on any atom is 0.441 e. The molecule has 0 bridgehead atoms. The molecule has 1 saturated heterocycles. The predicted octanol–water partition coefficient (Wildman–Crippen LogP) is 0.00940. The van der Waals surface area contributed by atoms with E-state index in [4.69, 9.17) is 10.3 Å². The standard InChI is InChI=1S/C17H18N4O7/c1-8(13-12(9(2)22)16(24)19-13)15(23)14(20-18)17(25)28-7-10-3-5-11(6-4-10)21(26)27/h3-6,8-9,12-13,22H,7H2,1-2H3,(H,19,24)/t8?,9?,12-,13-/m1/s1. The molecule has 0 radical (unpaired) electrons. The minimum absolute atomic E-state index is 0.132. The number of carbonyl (C=O) groups excluding carboxylic acids is 3. The van der Waals surface area contributed by atoms with Gasteiger partial charge in [0, 0.05) is 18.1 Å². The fourth-order valence-electron chi connectivity index (χ4n) is 2.87. The molecule has 0 saturated carbocycles. The van der Waals surface area contributed by atoms with Crippen LogP contribution in [0.2, 0.25) is 0 Å². The molecule has 148 valence electrons. The van der Waals surface area contributed by atoms with E-state index in [1.54, 1.807) is 0 Å². The number of nitrogens with zero attached hydrogens (tertiary/aromatic N) is 3. The van der Waals surface area contributed by atoms with E-state index in [2.05, 4.69) is 10.1 Å². The molecule has 2 unspecified atom stereocenters. The highest BCUT2D eigenvalue weighted by atomic mass is 16.6. The van der Waals surface area contributed by atoms with Crippen molar-refractivity contribution < 1.29 is 33.9 Å². The molecule has 2 rings (SSSR count). The largest absolute Gasteiger partial charge is 0.452 e. The average molecular weight is 390 g/mol. The molecule has 1 aromatic carbocycles. The van der Waals surface area contributed by atoms with Crippen molar-refractivity contribution in [3.8, 4) is 0 Å². The van der Waals surface area contributed by atoms with Gasteiger partial charge >= 0.3 is 11.7 Å². The molecule has 1 fully saturated rings. The lowest BCUT2D eigenvalue weighted by Gasteiger charge is -2.40. The van der Waals surface area contributed by atoms with Gasteiger partial charge in [-0.1, -0.05) is 6.92 Å². The van der Waals surface area contributed by atoms with E-state index in [0.717, 1.165) is 0 Å². The van der Waals surface area contributed by atoms with Crippen molar-refractivity contribution in [2.24, 2.45) is 11.8 Å². The number of non-ortho nitro benzene ring substituents is 1. The first-order chi connectivity index (χ1) is 13.2. The van der Waals surface area contributed by atoms with Crippen LogP contribution in [0.1, 0.15) is 19.4 Å². The van der Waals surface area contributed by atoms with E-state index in [1.807, 2.05) is 0 Å². The Kier molecular flexibility index (Phi) is 6.34. The summed E-state index contributed by atoms with van der Waals surface area (Å²) in [6.45, 7) is 2.54. The number of benzene rings is 1. The third-order valence-electron chi connectivity index (χ3n) is 4.51. The van der Waals surface area contributed by atoms with Gasteiger partial charge in [-0.15, -0.1) is 0 Å². The number of rotatable bonds is 8. The number of hydrogen-bond donors (Lipinski definition) is 2. The second-order valence-corrected chi connectivity index (χ2v) is 6.40. The SMILES string of the molecule is CC(C(=O)C(=[N+]=[N-])C(=O)OCc1ccc([N+](=O)[O-])cc1)[C@H]1NC(=O)[C@@H]1C(C)O. The van der Waals surface area contributed by atoms with E-state index in [9.17, 15) is 29.6 Å². The molecule has 2 N–H and O–H groups in total. The molecule has 1 aromatic rings. The van der Waals surface area contributed by atoms with E-state index in [0.29, 0.717) is 5.56 Å². The van der Waals surface area contributed by atoms with Crippen molar-refractivity contribution in [3.63, 3.8) is 0 Å². The summed E-state index contributed by atoms with van der Waals surface area (Å²) in [7, 11) is 0. The molecular formula is C17H18N4O7. The topological polar surface area (TPSA) is 172 Å². The Hall–Kier alpha value is -3.43. The van der Waals surface area contributed by atoms with Gasteiger partial charge in [0.15, 0.2) is 0 Å². The van der Waals surface area contributed by atoms with E-state index in [1.165, 1.54) is 38.1 Å². The molecule has 1 aliphatic rings. The van der Waals surface area contributed by atoms with Gasteiger partial charge < -0.3 is 20.7 Å². The summed E-state index contributed by atoms with van der Waals surface area (Å²) < 4.78 is 4.92. The summed E-state index contributed by atoms with van der Waals surface area (Å²) in [5.41, 5.74) is 8.51. The van der Waals surface area contributed by atoms with Crippen LogP contribution < -0.4 is 5.32 Å². The average Bonchev–Trinajstić information content (AvgIpc) is 2.63. The molecule has 11 nitrogen and oxygen atoms in total. The summed E-state index contributed by atoms with van der Waals surface area (Å²) in [5, 5.41) is 22.7. The van der Waals surface area contributed by atoms with Crippen molar-refractivity contribution in [2.45, 2.75) is 32.6 Å². The van der Waals surface area contributed by atoms with Crippen molar-refractivity contribution in [1.82, 2.24) is 5.32 Å². The third-order valence-corrected chi connectivity index (χ3v) is 4.51. The molecular weight excluding hydrogens is 372 g/mol. The van der Waals surface area contributed by atoms with Crippen molar-refractivity contribution in [2.75, 3.05) is 0 Å². The molecule has 28 heavy (non-hydrogen) atoms. The number of aliphatic hydroxyl groups is 1. The zero-order valence-electron chi connectivity index (χ0n) is 15.1. The Balaban J connectivity index is 2.00. The number of nitrogens with one attached hydrogen (secondary N) is 1. The minimum atomic E-state index is -1.18. The van der Waals surface area contributed by atoms with E-state index >= 15 is 0 Å². The Labute approximate surface area is 159 Å². The van der Waals surface area contributed by atoms with E-state index < -0.39 is 52.3 Å². The first kappa shape index (κ1) is 20.9. The second kappa shape index (κ2) is 8.51. The fraction of sp³-hybridized carbons (Fsp3) is 0.412. The maximum absolute atomic E-state index is 12.5. The summed E-state index contributed by atoms with van der Waals surface area (Å²) in [6, 6.07) is 4.50. The molecule has 0 aliphatic carbocycles. The molecule has 4 atom stereocenters. The molecule has 1 heterocycles. The highest BCUT2D eigenvalue weighted by Gasteiger charge is 2.50. The van der Waals surface area contributed by atoms with Gasteiger partial charge in [-0.2, -0.15) is 4.79 Å². The highest BCUT2D eigenvalue weighted by molar-refractivity contribution is 6.62. The number of esters is 1. The van der Waals surface area contributed by atoms with Gasteiger partial charge in [0.05, 0.1) is 23.0 Å². The first-order valence-electron chi connectivity index (χ1n) is 8.32. The molecule has 1 amide bonds. The lowest BCUT2D eigenvalue weighted by molar-refractivity contribution is -0.384. The third kappa shape index (κ3) is 4.27. The minimum Gasteiger partial charge on any atom is -0.452 e. The number of hydrogen-bond acceptors (Lipinski definition) is 7. The van der Waals surface area contributed by atoms with Crippen molar-refractivity contribution in [3.05, 3.63) is 45.5 Å². The lowest BCUT2D eigenvalue weighted by Crippen LogP contribution is -2.66. The van der Waals surface area contributed by atoms with Gasteiger partial charge in [-0.3, -0.25) is 19.7 Å². The Bertz CT molecular complexity index is 859. The zero-order valence-corrected chi connectivity index (χ0v) is 15.1. The highest BCUT2D eigenvalue weighted by Crippen LogP contribution is 2.26. The van der Waals surface area contributed by atoms with Crippen LogP contribution in [-0.4, -0.2) is 50.3 Å². The number of nitro groups is 1. The van der Waals surface area contributed by atoms with Crippen molar-refractivity contribution >= 4 is 29.1 Å². The van der Waals surface area contributed by atoms with Gasteiger partial charge in [0.25, 0.3) is 11.5 Å². The van der Waals surface area contributed by atoms with Crippen LogP contribution in [0, 0.1) is 22.0 Å². The van der Waals surface area contributed by atoms with Crippen LogP contribution in [0.5, 0.6) is 0 Å². The summed E-state index contributed by atoms with van der Waals surface area (Å²) >= 11 is 0. The van der Waals surface area contributed by atoms with Gasteiger partial charge in [0.1, 0.15) is 6.61 Å². The first-order valence-corrected chi connectivity index (χ1v) is 8.32. The Morgan fingerprint density at radius 1 is 1.36 bits per heavy atom. The summed E-state index contributed by atoms with van der Waals surface area (Å²) in [6.07, 6.45) is -0.988. The quantitative estimate of drug-likeness (QED) is 0.0919. The van der Waals surface area contributed by atoms with Gasteiger partial charge in [-0.05, 0) is 24.6 Å². The Morgan fingerprint density at radius 3 is 2.43 bits per heavy atom. The Morgan fingerprint density at radius 2 is 1.96 bits per heavy atom. The van der Waals surface area contributed by atoms with Gasteiger partial charge in [-0.25, -0.2) is 4.79 Å². The number of amides is 1. The number of carbonyl (C=O) groups is 3. The van der Waals surface area contributed by atoms with Crippen LogP contribution in [-0.2, 0) is 25.7 Å². The van der Waals surface area contributed by atoms with Crippen LogP contribution in [0.25, 0.3) is 5.53 Å². The number of Topliss-reactive ketones (excluding diaryl/α,β-unsaturated/α-hetero) is 1. The maximum atomic E-state index is 12.5. The van der Waals surface area contributed by atoms with Crippen LogP contribution in [0.3, 0.4) is 0 Å². The number of aliphatic hydroxyl groups excluding tert-OH is 1. The monoisotopic (exact) mass is 390 g/mol. The lowest BCUT2D eigenvalue weighted by atomic mass is 9.76. The molecule has 0 spiro atoms. The fourth-order valence-corrected chi connectivity index (χ4v) is 2.87. The molecule has 11 heteroatoms. The molecule has 1 aliphatic heterocycles.